The molecule has 0 saturated carbocycles. The molecule has 1 heterocycles. The molecule has 0 fully saturated rings. The van der Waals surface area contributed by atoms with Gasteiger partial charge in [0.15, 0.2) is 0 Å². The van der Waals surface area contributed by atoms with Gasteiger partial charge in [-0.1, -0.05) is 19.1 Å². The highest BCUT2D eigenvalue weighted by molar-refractivity contribution is 7.90. The van der Waals surface area contributed by atoms with Gasteiger partial charge in [0, 0.05) is 17.1 Å². The minimum Gasteiger partial charge on any atom is -0.268 e. The molecule has 2 rings (SSSR count). The first-order valence-corrected chi connectivity index (χ1v) is 7.90. The molecule has 0 aliphatic rings. The molecule has 1 N–H and O–H groups in total. The summed E-state index contributed by atoms with van der Waals surface area (Å²) in [7, 11) is -3.65. The van der Waals surface area contributed by atoms with Crippen molar-refractivity contribution in [3.63, 3.8) is 0 Å². The van der Waals surface area contributed by atoms with Gasteiger partial charge in [0.25, 0.3) is 5.91 Å². The Hall–Kier alpha value is -1.95. The number of fused-ring (bicyclic) bond motifs is 1. The molecule has 20 heavy (non-hydrogen) atoms. The molecular formula is C14H16N2O3S. The van der Waals surface area contributed by atoms with Gasteiger partial charge in [0.2, 0.25) is 10.0 Å². The highest BCUT2D eigenvalue weighted by atomic mass is 32.2. The van der Waals surface area contributed by atoms with Gasteiger partial charge in [-0.25, -0.2) is 13.1 Å². The highest BCUT2D eigenvalue weighted by Gasteiger charge is 2.23. The monoisotopic (exact) mass is 292 g/mol. The molecule has 0 radical (unpaired) electrons. The summed E-state index contributed by atoms with van der Waals surface area (Å²) in [6, 6.07) is 8.50. The van der Waals surface area contributed by atoms with Crippen LogP contribution in [-0.2, 0) is 10.0 Å². The average Bonchev–Trinajstić information content (AvgIpc) is 2.45. The van der Waals surface area contributed by atoms with E-state index in [1.165, 1.54) is 0 Å². The van der Waals surface area contributed by atoms with Crippen molar-refractivity contribution in [3.05, 3.63) is 42.1 Å². The minimum absolute atomic E-state index is 0.308. The number of sulfonamides is 1. The first-order valence-electron chi connectivity index (χ1n) is 6.35. The third-order valence-electron chi connectivity index (χ3n) is 3.23. The Kier molecular flexibility index (Phi) is 4.04. The Bertz CT molecular complexity index is 736. The highest BCUT2D eigenvalue weighted by Crippen LogP contribution is 2.17. The van der Waals surface area contributed by atoms with Crippen LogP contribution in [0.25, 0.3) is 10.9 Å². The summed E-state index contributed by atoms with van der Waals surface area (Å²) in [5.41, 5.74) is 0.962. The number of amides is 1. The topological polar surface area (TPSA) is 76.1 Å². The van der Waals surface area contributed by atoms with Gasteiger partial charge >= 0.3 is 0 Å². The van der Waals surface area contributed by atoms with Gasteiger partial charge in [-0.15, -0.1) is 0 Å². The number of nitrogens with one attached hydrogen (secondary N) is 1. The maximum Gasteiger partial charge on any atom is 0.265 e. The maximum atomic E-state index is 12.2. The van der Waals surface area contributed by atoms with E-state index >= 15 is 0 Å². The van der Waals surface area contributed by atoms with Crippen molar-refractivity contribution < 1.29 is 13.2 Å². The summed E-state index contributed by atoms with van der Waals surface area (Å²) in [6.45, 7) is 3.33. The van der Waals surface area contributed by atoms with E-state index in [-0.39, 0.29) is 0 Å². The molecule has 5 nitrogen and oxygen atoms in total. The van der Waals surface area contributed by atoms with Crippen LogP contribution in [-0.4, -0.2) is 24.6 Å². The fourth-order valence-electron chi connectivity index (χ4n) is 1.81. The van der Waals surface area contributed by atoms with Gasteiger partial charge in [-0.3, -0.25) is 9.78 Å². The Labute approximate surface area is 118 Å². The van der Waals surface area contributed by atoms with Crippen LogP contribution in [0.4, 0.5) is 0 Å². The van der Waals surface area contributed by atoms with Crippen molar-refractivity contribution in [2.45, 2.75) is 25.5 Å². The van der Waals surface area contributed by atoms with E-state index in [9.17, 15) is 13.2 Å². The van der Waals surface area contributed by atoms with E-state index in [1.54, 1.807) is 50.4 Å². The van der Waals surface area contributed by atoms with Gasteiger partial charge in [-0.2, -0.15) is 0 Å². The van der Waals surface area contributed by atoms with E-state index in [4.69, 9.17) is 0 Å². The number of carbonyl (C=O) groups is 1. The average molecular weight is 292 g/mol. The van der Waals surface area contributed by atoms with Crippen LogP contribution >= 0.6 is 0 Å². The van der Waals surface area contributed by atoms with Gasteiger partial charge < -0.3 is 0 Å². The summed E-state index contributed by atoms with van der Waals surface area (Å²) >= 11 is 0. The second-order valence-electron chi connectivity index (χ2n) is 4.57. The van der Waals surface area contributed by atoms with Crippen molar-refractivity contribution in [2.75, 3.05) is 0 Å². The lowest BCUT2D eigenvalue weighted by molar-refractivity contribution is 0.0982. The molecular weight excluding hydrogens is 276 g/mol. The summed E-state index contributed by atoms with van der Waals surface area (Å²) < 4.78 is 26.0. The molecule has 0 saturated heterocycles. The molecule has 1 amide bonds. The van der Waals surface area contributed by atoms with Crippen LogP contribution in [0.2, 0.25) is 0 Å². The van der Waals surface area contributed by atoms with Crippen molar-refractivity contribution in [1.29, 1.82) is 0 Å². The van der Waals surface area contributed by atoms with Crippen LogP contribution in [0.5, 0.6) is 0 Å². The Morgan fingerprint density at radius 1 is 1.30 bits per heavy atom. The summed E-state index contributed by atoms with van der Waals surface area (Å²) in [5, 5.41) is 0.0198. The zero-order chi connectivity index (χ0) is 14.8. The second-order valence-corrected chi connectivity index (χ2v) is 6.67. The fourth-order valence-corrected chi connectivity index (χ4v) is 2.81. The first kappa shape index (κ1) is 14.5. The van der Waals surface area contributed by atoms with Crippen molar-refractivity contribution >= 4 is 26.8 Å². The second kappa shape index (κ2) is 5.58. The normalized spacial score (nSPS) is 13.1. The summed E-state index contributed by atoms with van der Waals surface area (Å²) in [5.74, 6) is -0.621. The molecule has 6 heteroatoms. The lowest BCUT2D eigenvalue weighted by Gasteiger charge is -2.12. The molecule has 1 aromatic carbocycles. The number of hydrogen-bond donors (Lipinski definition) is 1. The molecule has 2 aromatic rings. The fraction of sp³-hybridized carbons (Fsp3) is 0.286. The Balaban J connectivity index is 2.38. The SMILES string of the molecule is CC[C@H](C)S(=O)(=O)NC(=O)c1cccc2ncccc12. The molecule has 0 bridgehead atoms. The van der Waals surface area contributed by atoms with E-state index in [0.717, 1.165) is 0 Å². The van der Waals surface area contributed by atoms with Gasteiger partial charge in [0.05, 0.1) is 10.8 Å². The van der Waals surface area contributed by atoms with Crippen LogP contribution in [0.15, 0.2) is 36.5 Å². The van der Waals surface area contributed by atoms with Crippen molar-refractivity contribution in [2.24, 2.45) is 0 Å². The number of benzene rings is 1. The molecule has 0 aliphatic heterocycles. The quantitative estimate of drug-likeness (QED) is 0.936. The predicted octanol–water partition coefficient (Wildman–Crippen LogP) is 2.09. The van der Waals surface area contributed by atoms with Crippen molar-refractivity contribution in [1.82, 2.24) is 9.71 Å². The smallest absolute Gasteiger partial charge is 0.265 e. The van der Waals surface area contributed by atoms with Crippen LogP contribution < -0.4 is 4.72 Å². The number of rotatable bonds is 4. The molecule has 1 aromatic heterocycles. The molecule has 0 aliphatic carbocycles. The van der Waals surface area contributed by atoms with Crippen molar-refractivity contribution in [3.8, 4) is 0 Å². The Morgan fingerprint density at radius 2 is 2.05 bits per heavy atom. The number of nitrogens with zero attached hydrogens (tertiary/aromatic N) is 1. The standard InChI is InChI=1S/C14H16N2O3S/c1-3-10(2)20(18,19)16-14(17)12-6-4-8-13-11(12)7-5-9-15-13/h4-10H,3H2,1-2H3,(H,16,17)/t10-/m0/s1. The van der Waals surface area contributed by atoms with Gasteiger partial charge in [0.1, 0.15) is 0 Å². The molecule has 1 atom stereocenters. The summed E-state index contributed by atoms with van der Waals surface area (Å²) in [6.07, 6.45) is 2.07. The summed E-state index contributed by atoms with van der Waals surface area (Å²) in [4.78, 5) is 16.3. The largest absolute Gasteiger partial charge is 0.268 e. The van der Waals surface area contributed by atoms with E-state index in [1.807, 2.05) is 0 Å². The van der Waals surface area contributed by atoms with E-state index < -0.39 is 21.2 Å². The number of aromatic nitrogens is 1. The maximum absolute atomic E-state index is 12.2. The minimum atomic E-state index is -3.65. The molecule has 0 spiro atoms. The van der Waals surface area contributed by atoms with E-state index in [2.05, 4.69) is 9.71 Å². The first-order chi connectivity index (χ1) is 9.45. The van der Waals surface area contributed by atoms with Crippen LogP contribution in [0.1, 0.15) is 30.6 Å². The number of pyridine rings is 1. The van der Waals surface area contributed by atoms with E-state index in [0.29, 0.717) is 22.9 Å². The molecule has 0 unspecified atom stereocenters. The lowest BCUT2D eigenvalue weighted by atomic mass is 10.1. The predicted molar refractivity (Wildman–Crippen MR) is 77.9 cm³/mol. The third kappa shape index (κ3) is 2.80. The zero-order valence-electron chi connectivity index (χ0n) is 11.3. The Morgan fingerprint density at radius 3 is 2.75 bits per heavy atom. The van der Waals surface area contributed by atoms with Crippen LogP contribution in [0.3, 0.4) is 0 Å². The lowest BCUT2D eigenvalue weighted by Crippen LogP contribution is -2.36. The molecule has 106 valence electrons. The zero-order valence-corrected chi connectivity index (χ0v) is 12.1. The number of carbonyl (C=O) groups excluding carboxylic acids is 1. The van der Waals surface area contributed by atoms with Gasteiger partial charge in [-0.05, 0) is 31.5 Å². The number of hydrogen-bond acceptors (Lipinski definition) is 4. The third-order valence-corrected chi connectivity index (χ3v) is 5.09. The van der Waals surface area contributed by atoms with Crippen LogP contribution in [0, 0.1) is 0 Å².